The summed E-state index contributed by atoms with van der Waals surface area (Å²) < 4.78 is 0. The zero-order valence-electron chi connectivity index (χ0n) is 14.1. The number of aromatic nitrogens is 1. The van der Waals surface area contributed by atoms with Gasteiger partial charge in [0.25, 0.3) is 0 Å². The Balaban J connectivity index is 1.58. The Kier molecular flexibility index (Phi) is 5.56. The Morgan fingerprint density at radius 3 is 2.23 bits per heavy atom. The van der Waals surface area contributed by atoms with Crippen molar-refractivity contribution in [3.05, 3.63) is 71.7 Å². The molecule has 2 aromatic carbocycles. The van der Waals surface area contributed by atoms with E-state index >= 15 is 0 Å². The molecular formula is C20H17N3O2S. The molecule has 0 aliphatic carbocycles. The van der Waals surface area contributed by atoms with Crippen LogP contribution in [-0.4, -0.2) is 16.8 Å². The number of benzene rings is 2. The Bertz CT molecular complexity index is 915. The second kappa shape index (κ2) is 8.22. The van der Waals surface area contributed by atoms with Crippen LogP contribution in [0.2, 0.25) is 0 Å². The number of anilines is 2. The number of rotatable bonds is 5. The van der Waals surface area contributed by atoms with Gasteiger partial charge in [-0.2, -0.15) is 0 Å². The first-order valence-electron chi connectivity index (χ1n) is 7.97. The van der Waals surface area contributed by atoms with E-state index in [0.29, 0.717) is 0 Å². The molecule has 5 nitrogen and oxygen atoms in total. The van der Waals surface area contributed by atoms with Gasteiger partial charge in [0.15, 0.2) is 0 Å². The molecule has 0 bridgehead atoms. The van der Waals surface area contributed by atoms with Gasteiger partial charge < -0.3 is 10.6 Å². The van der Waals surface area contributed by atoms with Crippen LogP contribution in [0.5, 0.6) is 0 Å². The van der Waals surface area contributed by atoms with Gasteiger partial charge in [-0.25, -0.2) is 4.98 Å². The fourth-order valence-corrected chi connectivity index (χ4v) is 2.94. The van der Waals surface area contributed by atoms with Crippen LogP contribution in [0.1, 0.15) is 12.5 Å². The van der Waals surface area contributed by atoms with Crippen molar-refractivity contribution in [2.75, 3.05) is 10.6 Å². The van der Waals surface area contributed by atoms with Gasteiger partial charge in [0.1, 0.15) is 5.01 Å². The van der Waals surface area contributed by atoms with Crippen LogP contribution < -0.4 is 10.6 Å². The van der Waals surface area contributed by atoms with Crippen molar-refractivity contribution < 1.29 is 9.59 Å². The molecule has 0 radical (unpaired) electrons. The standard InChI is InChI=1S/C20H17N3O2S/c1-14(24)22-17-7-2-15(3-8-17)4-11-19(25)23-18-9-5-16(6-10-18)20-21-12-13-26-20/h2-13H,1H3,(H,22,24)(H,23,25)/b11-4+. The highest BCUT2D eigenvalue weighted by atomic mass is 32.1. The number of amides is 2. The van der Waals surface area contributed by atoms with E-state index in [-0.39, 0.29) is 11.8 Å². The molecule has 3 aromatic rings. The number of hydrogen-bond acceptors (Lipinski definition) is 4. The fourth-order valence-electron chi connectivity index (χ4n) is 2.30. The van der Waals surface area contributed by atoms with Crippen molar-refractivity contribution in [3.63, 3.8) is 0 Å². The van der Waals surface area contributed by atoms with E-state index in [1.807, 2.05) is 41.8 Å². The molecule has 0 atom stereocenters. The van der Waals surface area contributed by atoms with Crippen molar-refractivity contribution in [1.29, 1.82) is 0 Å². The molecule has 0 aliphatic rings. The average molecular weight is 363 g/mol. The minimum absolute atomic E-state index is 0.117. The number of carbonyl (C=O) groups is 2. The lowest BCUT2D eigenvalue weighted by Crippen LogP contribution is -2.07. The quantitative estimate of drug-likeness (QED) is 0.659. The van der Waals surface area contributed by atoms with E-state index in [9.17, 15) is 9.59 Å². The van der Waals surface area contributed by atoms with Crippen LogP contribution in [0.15, 0.2) is 66.2 Å². The van der Waals surface area contributed by atoms with Gasteiger partial charge in [0.05, 0.1) is 0 Å². The number of thiazole rings is 1. The number of carbonyl (C=O) groups excluding carboxylic acids is 2. The molecule has 26 heavy (non-hydrogen) atoms. The van der Waals surface area contributed by atoms with Crippen LogP contribution in [0.4, 0.5) is 11.4 Å². The van der Waals surface area contributed by atoms with Gasteiger partial charge >= 0.3 is 0 Å². The minimum Gasteiger partial charge on any atom is -0.326 e. The smallest absolute Gasteiger partial charge is 0.248 e. The molecule has 1 aromatic heterocycles. The topological polar surface area (TPSA) is 71.1 Å². The molecule has 2 N–H and O–H groups in total. The second-order valence-electron chi connectivity index (χ2n) is 5.54. The van der Waals surface area contributed by atoms with E-state index in [1.165, 1.54) is 13.0 Å². The van der Waals surface area contributed by atoms with Crippen molar-refractivity contribution in [1.82, 2.24) is 4.98 Å². The molecule has 0 unspecified atom stereocenters. The molecule has 0 spiro atoms. The third-order valence-corrected chi connectivity index (χ3v) is 4.31. The summed E-state index contributed by atoms with van der Waals surface area (Å²) in [7, 11) is 0. The van der Waals surface area contributed by atoms with E-state index < -0.39 is 0 Å². The van der Waals surface area contributed by atoms with E-state index in [4.69, 9.17) is 0 Å². The molecule has 1 heterocycles. The van der Waals surface area contributed by atoms with Crippen LogP contribution in [0.25, 0.3) is 16.6 Å². The zero-order chi connectivity index (χ0) is 18.4. The van der Waals surface area contributed by atoms with Gasteiger partial charge in [0.2, 0.25) is 11.8 Å². The molecule has 0 aliphatic heterocycles. The highest BCUT2D eigenvalue weighted by Crippen LogP contribution is 2.23. The Labute approximate surface area is 155 Å². The van der Waals surface area contributed by atoms with Gasteiger partial charge in [-0.15, -0.1) is 11.3 Å². The average Bonchev–Trinajstić information content (AvgIpc) is 3.16. The van der Waals surface area contributed by atoms with Crippen molar-refractivity contribution in [2.24, 2.45) is 0 Å². The summed E-state index contributed by atoms with van der Waals surface area (Å²) in [6, 6.07) is 14.8. The minimum atomic E-state index is -0.210. The molecular weight excluding hydrogens is 346 g/mol. The highest BCUT2D eigenvalue weighted by Gasteiger charge is 2.02. The summed E-state index contributed by atoms with van der Waals surface area (Å²) in [4.78, 5) is 27.3. The van der Waals surface area contributed by atoms with Gasteiger partial charge in [-0.1, -0.05) is 12.1 Å². The molecule has 3 rings (SSSR count). The molecule has 130 valence electrons. The molecule has 2 amide bonds. The Morgan fingerprint density at radius 2 is 1.62 bits per heavy atom. The van der Waals surface area contributed by atoms with Gasteiger partial charge in [-0.05, 0) is 48.0 Å². The summed E-state index contributed by atoms with van der Waals surface area (Å²) in [6.45, 7) is 1.46. The summed E-state index contributed by atoms with van der Waals surface area (Å²) >= 11 is 1.57. The van der Waals surface area contributed by atoms with E-state index in [0.717, 1.165) is 27.5 Å². The molecule has 0 saturated heterocycles. The summed E-state index contributed by atoms with van der Waals surface area (Å²) in [5.74, 6) is -0.327. The number of nitrogens with zero attached hydrogens (tertiary/aromatic N) is 1. The maximum atomic E-state index is 12.0. The third-order valence-electron chi connectivity index (χ3n) is 3.49. The summed E-state index contributed by atoms with van der Waals surface area (Å²) in [6.07, 6.45) is 4.96. The largest absolute Gasteiger partial charge is 0.326 e. The lowest BCUT2D eigenvalue weighted by Gasteiger charge is -2.04. The van der Waals surface area contributed by atoms with Crippen molar-refractivity contribution in [2.45, 2.75) is 6.92 Å². The molecule has 0 saturated carbocycles. The van der Waals surface area contributed by atoms with Crippen LogP contribution in [0, 0.1) is 0 Å². The monoisotopic (exact) mass is 363 g/mol. The summed E-state index contributed by atoms with van der Waals surface area (Å²) in [5.41, 5.74) is 3.33. The second-order valence-corrected chi connectivity index (χ2v) is 6.43. The predicted octanol–water partition coefficient (Wildman–Crippen LogP) is 4.42. The first kappa shape index (κ1) is 17.6. The van der Waals surface area contributed by atoms with Gasteiger partial charge in [0, 0.05) is 41.5 Å². The van der Waals surface area contributed by atoms with Crippen molar-refractivity contribution in [3.8, 4) is 10.6 Å². The lowest BCUT2D eigenvalue weighted by atomic mass is 10.2. The van der Waals surface area contributed by atoms with Crippen LogP contribution in [0.3, 0.4) is 0 Å². The molecule has 0 fully saturated rings. The Morgan fingerprint density at radius 1 is 0.962 bits per heavy atom. The first-order valence-corrected chi connectivity index (χ1v) is 8.85. The Hall–Kier alpha value is -3.25. The highest BCUT2D eigenvalue weighted by molar-refractivity contribution is 7.13. The first-order chi connectivity index (χ1) is 12.6. The number of nitrogens with one attached hydrogen (secondary N) is 2. The van der Waals surface area contributed by atoms with Crippen molar-refractivity contribution >= 4 is 40.6 Å². The third kappa shape index (κ3) is 4.87. The fraction of sp³-hybridized carbons (Fsp3) is 0.0500. The SMILES string of the molecule is CC(=O)Nc1ccc(/C=C/C(=O)Nc2ccc(-c3nccs3)cc2)cc1. The number of hydrogen-bond donors (Lipinski definition) is 2. The van der Waals surface area contributed by atoms with E-state index in [2.05, 4.69) is 15.6 Å². The predicted molar refractivity (Wildman–Crippen MR) is 106 cm³/mol. The lowest BCUT2D eigenvalue weighted by molar-refractivity contribution is -0.114. The normalized spacial score (nSPS) is 10.7. The van der Waals surface area contributed by atoms with E-state index in [1.54, 1.807) is 35.7 Å². The van der Waals surface area contributed by atoms with Crippen LogP contribution >= 0.6 is 11.3 Å². The zero-order valence-corrected chi connectivity index (χ0v) is 14.9. The van der Waals surface area contributed by atoms with Crippen LogP contribution in [-0.2, 0) is 9.59 Å². The summed E-state index contributed by atoms with van der Waals surface area (Å²) in [5, 5.41) is 8.40. The maximum Gasteiger partial charge on any atom is 0.248 e. The maximum absolute atomic E-state index is 12.0. The van der Waals surface area contributed by atoms with Gasteiger partial charge in [-0.3, -0.25) is 9.59 Å². The molecule has 6 heteroatoms.